The molecule has 0 bridgehead atoms. The zero-order valence-corrected chi connectivity index (χ0v) is 40.9. The predicted octanol–water partition coefficient (Wildman–Crippen LogP) is 10.7. The molecule has 0 aromatic carbocycles. The van der Waals surface area contributed by atoms with Crippen molar-refractivity contribution >= 4 is 11.9 Å². The Balaban J connectivity index is 2.16. The van der Waals surface area contributed by atoms with E-state index in [2.05, 4.69) is 67.8 Å². The van der Waals surface area contributed by atoms with Gasteiger partial charge in [0.15, 0.2) is 6.29 Å². The maximum atomic E-state index is 13.0. The Morgan fingerprint density at radius 3 is 1.60 bits per heavy atom. The molecule has 7 unspecified atom stereocenters. The zero-order chi connectivity index (χ0) is 47.4. The molecule has 376 valence electrons. The third-order valence-electron chi connectivity index (χ3n) is 11.8. The third-order valence-corrected chi connectivity index (χ3v) is 11.8. The number of esters is 1. The van der Waals surface area contributed by atoms with Crippen molar-refractivity contribution in [2.75, 3.05) is 19.8 Å². The van der Waals surface area contributed by atoms with Crippen LogP contribution < -0.4 is 5.32 Å². The van der Waals surface area contributed by atoms with E-state index in [9.17, 15) is 35.1 Å². The van der Waals surface area contributed by atoms with E-state index >= 15 is 0 Å². The Labute approximate surface area is 395 Å². The quantitative estimate of drug-likeness (QED) is 0.0196. The summed E-state index contributed by atoms with van der Waals surface area (Å²) in [4.78, 5) is 25.0. The second-order valence-electron chi connectivity index (χ2n) is 17.8. The highest BCUT2D eigenvalue weighted by atomic mass is 16.7. The van der Waals surface area contributed by atoms with Gasteiger partial charge >= 0.3 is 5.97 Å². The fourth-order valence-electron chi connectivity index (χ4n) is 7.62. The molecule has 1 amide bonds. The number of aliphatic hydroxyl groups is 5. The number of hydrogen-bond acceptors (Lipinski definition) is 10. The van der Waals surface area contributed by atoms with Crippen LogP contribution in [-0.2, 0) is 23.8 Å². The predicted molar refractivity (Wildman–Crippen MR) is 264 cm³/mol. The largest absolute Gasteiger partial charge is 0.466 e. The maximum Gasteiger partial charge on any atom is 0.305 e. The van der Waals surface area contributed by atoms with Crippen molar-refractivity contribution in [2.45, 2.75) is 249 Å². The average molecular weight is 918 g/mol. The summed E-state index contributed by atoms with van der Waals surface area (Å²) in [6.45, 7) is 4.10. The Kier molecular flexibility index (Phi) is 40.8. The monoisotopic (exact) mass is 918 g/mol. The van der Waals surface area contributed by atoms with Gasteiger partial charge in [-0.05, 0) is 96.3 Å². The molecule has 1 fully saturated rings. The number of aliphatic hydroxyl groups excluding tert-OH is 5. The normalized spacial score (nSPS) is 20.3. The molecule has 1 saturated heterocycles. The molecule has 0 aromatic heterocycles. The summed E-state index contributed by atoms with van der Waals surface area (Å²) >= 11 is 0. The van der Waals surface area contributed by atoms with Crippen LogP contribution in [0.2, 0.25) is 0 Å². The summed E-state index contributed by atoms with van der Waals surface area (Å²) in [5, 5.41) is 54.1. The van der Waals surface area contributed by atoms with E-state index in [0.717, 1.165) is 96.3 Å². The van der Waals surface area contributed by atoms with Crippen LogP contribution in [-0.4, -0.2) is 100 Å². The number of nitrogens with one attached hydrogen (secondary N) is 1. The number of carbonyl (C=O) groups excluding carboxylic acids is 2. The molecule has 65 heavy (non-hydrogen) atoms. The zero-order valence-electron chi connectivity index (χ0n) is 40.9. The first-order chi connectivity index (χ1) is 31.7. The second-order valence-corrected chi connectivity index (χ2v) is 17.8. The first kappa shape index (κ1) is 60.4. The van der Waals surface area contributed by atoms with Gasteiger partial charge < -0.3 is 45.1 Å². The van der Waals surface area contributed by atoms with Gasteiger partial charge in [0.25, 0.3) is 0 Å². The lowest BCUT2D eigenvalue weighted by atomic mass is 9.99. The third kappa shape index (κ3) is 34.3. The molecule has 11 nitrogen and oxygen atoms in total. The maximum absolute atomic E-state index is 13.0. The van der Waals surface area contributed by atoms with E-state index in [1.54, 1.807) is 6.08 Å². The van der Waals surface area contributed by atoms with E-state index in [1.807, 2.05) is 6.08 Å². The number of hydrogen-bond donors (Lipinski definition) is 6. The van der Waals surface area contributed by atoms with Crippen molar-refractivity contribution < 1.29 is 49.3 Å². The molecule has 1 aliphatic rings. The molecule has 11 heteroatoms. The van der Waals surface area contributed by atoms with Crippen LogP contribution in [0.4, 0.5) is 0 Å². The van der Waals surface area contributed by atoms with E-state index < -0.39 is 49.5 Å². The van der Waals surface area contributed by atoms with E-state index in [0.29, 0.717) is 25.9 Å². The molecule has 0 radical (unpaired) electrons. The lowest BCUT2D eigenvalue weighted by Crippen LogP contribution is -2.60. The van der Waals surface area contributed by atoms with Crippen molar-refractivity contribution in [3.63, 3.8) is 0 Å². The van der Waals surface area contributed by atoms with Crippen LogP contribution in [0.5, 0.6) is 0 Å². The van der Waals surface area contributed by atoms with Crippen LogP contribution in [0.15, 0.2) is 60.8 Å². The van der Waals surface area contributed by atoms with Gasteiger partial charge in [-0.1, -0.05) is 158 Å². The minimum atomic E-state index is -1.59. The van der Waals surface area contributed by atoms with Gasteiger partial charge in [-0.25, -0.2) is 0 Å². The Bertz CT molecular complexity index is 1270. The van der Waals surface area contributed by atoms with Gasteiger partial charge in [0.2, 0.25) is 5.91 Å². The molecule has 7 atom stereocenters. The summed E-state index contributed by atoms with van der Waals surface area (Å²) in [7, 11) is 0. The van der Waals surface area contributed by atoms with Crippen molar-refractivity contribution in [2.24, 2.45) is 0 Å². The summed E-state index contributed by atoms with van der Waals surface area (Å²) in [5.41, 5.74) is 0. The Morgan fingerprint density at radius 1 is 0.569 bits per heavy atom. The van der Waals surface area contributed by atoms with Crippen LogP contribution >= 0.6 is 0 Å². The molecule has 1 heterocycles. The fourth-order valence-corrected chi connectivity index (χ4v) is 7.62. The summed E-state index contributed by atoms with van der Waals surface area (Å²) < 4.78 is 16.6. The van der Waals surface area contributed by atoms with Crippen molar-refractivity contribution in [3.05, 3.63) is 60.8 Å². The van der Waals surface area contributed by atoms with Crippen LogP contribution in [0, 0.1) is 0 Å². The van der Waals surface area contributed by atoms with Gasteiger partial charge in [-0.2, -0.15) is 0 Å². The molecular formula is C54H95NO10. The van der Waals surface area contributed by atoms with Gasteiger partial charge in [-0.15, -0.1) is 0 Å². The van der Waals surface area contributed by atoms with Gasteiger partial charge in [0, 0.05) is 12.8 Å². The second kappa shape index (κ2) is 43.9. The molecule has 0 spiro atoms. The lowest BCUT2D eigenvalue weighted by molar-refractivity contribution is -0.302. The van der Waals surface area contributed by atoms with Gasteiger partial charge in [0.1, 0.15) is 24.4 Å². The van der Waals surface area contributed by atoms with E-state index in [4.69, 9.17) is 14.2 Å². The number of rotatable bonds is 43. The number of amides is 1. The molecular weight excluding hydrogens is 823 g/mol. The summed E-state index contributed by atoms with van der Waals surface area (Å²) in [6.07, 6.45) is 44.6. The molecule has 1 aliphatic heterocycles. The average Bonchev–Trinajstić information content (AvgIpc) is 3.30. The standard InChI is InChI=1S/C54H95NO10/c1-3-5-7-9-11-13-21-26-30-34-38-42-50(59)63-43-39-35-31-27-23-20-18-16-15-17-19-22-25-29-33-37-41-49(58)55-46(45-64-54-53(62)52(61)51(60)48(44-56)65-54)47(57)40-36-32-28-24-14-12-10-8-6-4-2/h6,8-9,11,14-15,17,24,36,40,46-48,51-54,56-57,60-62H,3-5,7,10,12-13,16,18-23,25-35,37-39,41-45H2,1-2H3,(H,55,58)/b8-6+,11-9-,17-15-,24-14+,40-36+. The number of unbranched alkanes of at least 4 members (excludes halogenated alkanes) is 21. The van der Waals surface area contributed by atoms with Gasteiger partial charge in [-0.3, -0.25) is 9.59 Å². The molecule has 0 saturated carbocycles. The number of ether oxygens (including phenoxy) is 3. The summed E-state index contributed by atoms with van der Waals surface area (Å²) in [5.74, 6) is -0.253. The molecule has 6 N–H and O–H groups in total. The SMILES string of the molecule is CC/C=C/CC/C=C/CC/C=C/C(O)C(COC1OC(CO)C(O)C(O)C1O)NC(=O)CCCCCCC/C=C\CCCCCCCCCOC(=O)CCCCCCC/C=C\CCCC. The van der Waals surface area contributed by atoms with Crippen molar-refractivity contribution in [1.29, 1.82) is 0 Å². The first-order valence-electron chi connectivity index (χ1n) is 26.1. The van der Waals surface area contributed by atoms with Crippen LogP contribution in [0.1, 0.15) is 206 Å². The highest BCUT2D eigenvalue weighted by Gasteiger charge is 2.44. The molecule has 0 aliphatic carbocycles. The highest BCUT2D eigenvalue weighted by molar-refractivity contribution is 5.76. The minimum Gasteiger partial charge on any atom is -0.466 e. The van der Waals surface area contributed by atoms with Gasteiger partial charge in [0.05, 0.1) is 32.0 Å². The van der Waals surface area contributed by atoms with Crippen LogP contribution in [0.3, 0.4) is 0 Å². The number of carbonyl (C=O) groups is 2. The van der Waals surface area contributed by atoms with Crippen molar-refractivity contribution in [3.8, 4) is 0 Å². The fraction of sp³-hybridized carbons (Fsp3) is 0.778. The Hall–Kier alpha value is -2.64. The summed E-state index contributed by atoms with van der Waals surface area (Å²) in [6, 6.07) is -0.847. The topological polar surface area (TPSA) is 175 Å². The Morgan fingerprint density at radius 2 is 1.05 bits per heavy atom. The highest BCUT2D eigenvalue weighted by Crippen LogP contribution is 2.22. The van der Waals surface area contributed by atoms with Crippen molar-refractivity contribution in [1.82, 2.24) is 5.32 Å². The smallest absolute Gasteiger partial charge is 0.305 e. The molecule has 1 rings (SSSR count). The number of allylic oxidation sites excluding steroid dienone is 9. The van der Waals surface area contributed by atoms with E-state index in [1.165, 1.54) is 77.0 Å². The minimum absolute atomic E-state index is 0.0347. The lowest BCUT2D eigenvalue weighted by Gasteiger charge is -2.40. The van der Waals surface area contributed by atoms with Crippen LogP contribution in [0.25, 0.3) is 0 Å². The molecule has 0 aromatic rings. The van der Waals surface area contributed by atoms with E-state index in [-0.39, 0.29) is 18.5 Å². The first-order valence-corrected chi connectivity index (χ1v) is 26.1.